The Morgan fingerprint density at radius 3 is 2.57 bits per heavy atom. The minimum absolute atomic E-state index is 0.0775. The molecule has 0 radical (unpaired) electrons. The summed E-state index contributed by atoms with van der Waals surface area (Å²) in [6.45, 7) is 7.76. The van der Waals surface area contributed by atoms with Crippen molar-refractivity contribution in [3.05, 3.63) is 16.0 Å². The molecule has 2 amide bonds. The molecule has 2 heterocycles. The minimum Gasteiger partial charge on any atom is -0.462 e. The van der Waals surface area contributed by atoms with Crippen molar-refractivity contribution < 1.29 is 19.1 Å². The van der Waals surface area contributed by atoms with Crippen LogP contribution in [0.1, 0.15) is 60.8 Å². The van der Waals surface area contributed by atoms with Crippen LogP contribution >= 0.6 is 11.3 Å². The van der Waals surface area contributed by atoms with Crippen molar-refractivity contribution in [2.75, 3.05) is 38.6 Å². The van der Waals surface area contributed by atoms with Crippen molar-refractivity contribution in [3.8, 4) is 0 Å². The molecule has 1 fully saturated rings. The standard InChI is InChI=1S/C22H33N3O4S/c1-5-29-22(28)20-17-7-6-14(2)12-18(17)30-21(20)23-19(27)13-25-10-8-16(9-11-25)24(4)15(3)26/h14,16H,5-13H2,1-4H3,(H,23,27). The highest BCUT2D eigenvalue weighted by molar-refractivity contribution is 7.17. The van der Waals surface area contributed by atoms with Crippen molar-refractivity contribution >= 4 is 34.1 Å². The second-order valence-corrected chi connectivity index (χ2v) is 9.57. The van der Waals surface area contributed by atoms with E-state index in [2.05, 4.69) is 17.1 Å². The van der Waals surface area contributed by atoms with E-state index in [1.54, 1.807) is 18.7 Å². The van der Waals surface area contributed by atoms with E-state index in [0.29, 0.717) is 23.1 Å². The molecular formula is C22H33N3O4S. The van der Waals surface area contributed by atoms with Gasteiger partial charge in [0.05, 0.1) is 18.7 Å². The van der Waals surface area contributed by atoms with Crippen LogP contribution < -0.4 is 5.32 Å². The lowest BCUT2D eigenvalue weighted by molar-refractivity contribution is -0.130. The molecule has 1 aromatic heterocycles. The average molecular weight is 436 g/mol. The Morgan fingerprint density at radius 1 is 1.23 bits per heavy atom. The third-order valence-electron chi connectivity index (χ3n) is 6.21. The number of amides is 2. The van der Waals surface area contributed by atoms with Gasteiger partial charge in [-0.1, -0.05) is 6.92 Å². The second-order valence-electron chi connectivity index (χ2n) is 8.46. The molecule has 1 atom stereocenters. The first kappa shape index (κ1) is 22.7. The topological polar surface area (TPSA) is 79.0 Å². The third kappa shape index (κ3) is 5.21. The number of piperidine rings is 1. The summed E-state index contributed by atoms with van der Waals surface area (Å²) < 4.78 is 5.28. The van der Waals surface area contributed by atoms with Crippen LogP contribution in [0.3, 0.4) is 0 Å². The fourth-order valence-corrected chi connectivity index (χ4v) is 5.76. The summed E-state index contributed by atoms with van der Waals surface area (Å²) in [5.74, 6) is 0.219. The zero-order valence-corrected chi connectivity index (χ0v) is 19.3. The zero-order chi connectivity index (χ0) is 21.8. The first-order valence-electron chi connectivity index (χ1n) is 10.9. The molecule has 1 saturated heterocycles. The summed E-state index contributed by atoms with van der Waals surface area (Å²) in [4.78, 5) is 42.0. The molecule has 0 saturated carbocycles. The van der Waals surface area contributed by atoms with Crippen molar-refractivity contribution in [2.24, 2.45) is 5.92 Å². The van der Waals surface area contributed by atoms with Gasteiger partial charge in [0.15, 0.2) is 0 Å². The number of carbonyl (C=O) groups excluding carboxylic acids is 3. The fourth-order valence-electron chi connectivity index (χ4n) is 4.35. The van der Waals surface area contributed by atoms with Gasteiger partial charge in [0, 0.05) is 38.0 Å². The van der Waals surface area contributed by atoms with E-state index >= 15 is 0 Å². The number of fused-ring (bicyclic) bond motifs is 1. The van der Waals surface area contributed by atoms with Crippen molar-refractivity contribution in [3.63, 3.8) is 0 Å². The van der Waals surface area contributed by atoms with Gasteiger partial charge >= 0.3 is 5.97 Å². The molecule has 30 heavy (non-hydrogen) atoms. The van der Waals surface area contributed by atoms with Gasteiger partial charge in [-0.25, -0.2) is 4.79 Å². The number of likely N-dealkylation sites (tertiary alicyclic amines) is 1. The number of carbonyl (C=O) groups is 3. The van der Waals surface area contributed by atoms with E-state index in [-0.39, 0.29) is 30.4 Å². The second kappa shape index (κ2) is 9.92. The van der Waals surface area contributed by atoms with Gasteiger partial charge in [-0.2, -0.15) is 0 Å². The Bertz CT molecular complexity index is 799. The van der Waals surface area contributed by atoms with Gasteiger partial charge in [0.25, 0.3) is 0 Å². The normalized spacial score (nSPS) is 19.8. The molecule has 7 nitrogen and oxygen atoms in total. The van der Waals surface area contributed by atoms with E-state index in [9.17, 15) is 14.4 Å². The Kier molecular flexibility index (Phi) is 7.52. The maximum absolute atomic E-state index is 12.8. The van der Waals surface area contributed by atoms with Gasteiger partial charge in [-0.15, -0.1) is 11.3 Å². The molecular weight excluding hydrogens is 402 g/mol. The highest BCUT2D eigenvalue weighted by Gasteiger charge is 2.30. The predicted octanol–water partition coefficient (Wildman–Crippen LogP) is 2.93. The number of hydrogen-bond acceptors (Lipinski definition) is 6. The van der Waals surface area contributed by atoms with Crippen LogP contribution in [0.2, 0.25) is 0 Å². The number of rotatable bonds is 6. The maximum atomic E-state index is 12.8. The van der Waals surface area contributed by atoms with Crippen LogP contribution in [0.5, 0.6) is 0 Å². The van der Waals surface area contributed by atoms with E-state index in [1.165, 1.54) is 16.2 Å². The maximum Gasteiger partial charge on any atom is 0.341 e. The predicted molar refractivity (Wildman–Crippen MR) is 118 cm³/mol. The number of anilines is 1. The van der Waals surface area contributed by atoms with Crippen molar-refractivity contribution in [1.29, 1.82) is 0 Å². The molecule has 2 aliphatic rings. The zero-order valence-electron chi connectivity index (χ0n) is 18.5. The molecule has 1 N–H and O–H groups in total. The van der Waals surface area contributed by atoms with Gasteiger partial charge < -0.3 is 15.0 Å². The Labute approximate surface area is 182 Å². The average Bonchev–Trinajstić information content (AvgIpc) is 3.04. The summed E-state index contributed by atoms with van der Waals surface area (Å²) in [5, 5.41) is 3.62. The lowest BCUT2D eigenvalue weighted by atomic mass is 9.88. The quantitative estimate of drug-likeness (QED) is 0.695. The lowest BCUT2D eigenvalue weighted by Gasteiger charge is -2.36. The van der Waals surface area contributed by atoms with E-state index < -0.39 is 0 Å². The minimum atomic E-state index is -0.340. The van der Waals surface area contributed by atoms with Gasteiger partial charge in [-0.3, -0.25) is 14.5 Å². The Hall–Kier alpha value is -1.93. The molecule has 0 spiro atoms. The SMILES string of the molecule is CCOC(=O)c1c(NC(=O)CN2CCC(N(C)C(C)=O)CC2)sc2c1CCC(C)C2. The largest absolute Gasteiger partial charge is 0.462 e. The summed E-state index contributed by atoms with van der Waals surface area (Å²) >= 11 is 1.52. The molecule has 0 bridgehead atoms. The van der Waals surface area contributed by atoms with Crippen LogP contribution in [0.15, 0.2) is 0 Å². The van der Waals surface area contributed by atoms with E-state index in [1.807, 2.05) is 7.05 Å². The van der Waals surface area contributed by atoms with Crippen LogP contribution in [0, 0.1) is 5.92 Å². The number of ether oxygens (including phenoxy) is 1. The molecule has 1 aliphatic heterocycles. The highest BCUT2D eigenvalue weighted by Crippen LogP contribution is 2.40. The first-order chi connectivity index (χ1) is 14.3. The Balaban J connectivity index is 1.64. The summed E-state index contributed by atoms with van der Waals surface area (Å²) in [6.07, 6.45) is 4.58. The van der Waals surface area contributed by atoms with Crippen LogP contribution in [-0.4, -0.2) is 66.9 Å². The summed E-state index contributed by atoms with van der Waals surface area (Å²) in [6, 6.07) is 0.239. The van der Waals surface area contributed by atoms with Crippen LogP contribution in [-0.2, 0) is 27.2 Å². The van der Waals surface area contributed by atoms with E-state index in [4.69, 9.17) is 4.74 Å². The van der Waals surface area contributed by atoms with Gasteiger partial charge in [0.1, 0.15) is 5.00 Å². The molecule has 0 aromatic carbocycles. The number of nitrogens with zero attached hydrogens (tertiary/aromatic N) is 2. The number of thiophene rings is 1. The van der Waals surface area contributed by atoms with Crippen molar-refractivity contribution in [2.45, 2.75) is 58.9 Å². The molecule has 3 rings (SSSR count). The first-order valence-corrected chi connectivity index (χ1v) is 11.7. The lowest BCUT2D eigenvalue weighted by Crippen LogP contribution is -2.46. The van der Waals surface area contributed by atoms with E-state index in [0.717, 1.165) is 50.8 Å². The Morgan fingerprint density at radius 2 is 1.93 bits per heavy atom. The van der Waals surface area contributed by atoms with Gasteiger partial charge in [-0.05, 0) is 50.5 Å². The number of esters is 1. The smallest absolute Gasteiger partial charge is 0.341 e. The molecule has 1 unspecified atom stereocenters. The third-order valence-corrected chi connectivity index (χ3v) is 7.38. The van der Waals surface area contributed by atoms with Crippen molar-refractivity contribution in [1.82, 2.24) is 9.80 Å². The molecule has 166 valence electrons. The highest BCUT2D eigenvalue weighted by atomic mass is 32.1. The number of hydrogen-bond donors (Lipinski definition) is 1. The fraction of sp³-hybridized carbons (Fsp3) is 0.682. The summed E-state index contributed by atoms with van der Waals surface area (Å²) in [5.41, 5.74) is 1.61. The molecule has 1 aromatic rings. The summed E-state index contributed by atoms with van der Waals surface area (Å²) in [7, 11) is 1.84. The monoisotopic (exact) mass is 435 g/mol. The molecule has 1 aliphatic carbocycles. The molecule has 8 heteroatoms. The van der Waals surface area contributed by atoms with Crippen LogP contribution in [0.4, 0.5) is 5.00 Å². The van der Waals surface area contributed by atoms with Crippen LogP contribution in [0.25, 0.3) is 0 Å². The number of nitrogens with one attached hydrogen (secondary N) is 1. The van der Waals surface area contributed by atoms with Gasteiger partial charge in [0.2, 0.25) is 11.8 Å².